The molecule has 0 unspecified atom stereocenters. The Bertz CT molecular complexity index is 1110. The van der Waals surface area contributed by atoms with Gasteiger partial charge in [-0.2, -0.15) is 0 Å². The monoisotopic (exact) mass is 578 g/mol. The van der Waals surface area contributed by atoms with Crippen molar-refractivity contribution in [2.45, 2.75) is 12.3 Å². The molecular weight excluding hydrogens is 560 g/mol. The van der Waals surface area contributed by atoms with Crippen LogP contribution in [-0.2, 0) is 12.3 Å². The Morgan fingerprint density at radius 1 is 0.625 bits per heavy atom. The summed E-state index contributed by atoms with van der Waals surface area (Å²) in [6, 6.07) is 33.9. The maximum atomic E-state index is 14.1. The molecule has 0 nitrogen and oxygen atoms in total. The van der Waals surface area contributed by atoms with E-state index in [0.717, 1.165) is 15.9 Å². The van der Waals surface area contributed by atoms with E-state index >= 15 is 0 Å². The quantitative estimate of drug-likeness (QED) is 0.212. The first-order chi connectivity index (χ1) is 15.2. The summed E-state index contributed by atoms with van der Waals surface area (Å²) in [6.45, 7) is 0. The molecule has 0 bridgehead atoms. The summed E-state index contributed by atoms with van der Waals surface area (Å²) in [4.78, 5) is 0. The Balaban J connectivity index is 2.11. The van der Waals surface area contributed by atoms with Crippen LogP contribution in [-0.4, -0.2) is 0 Å². The molecule has 0 radical (unpaired) electrons. The average molecular weight is 580 g/mol. The number of hydrogen-bond acceptors (Lipinski definition) is 0. The Labute approximate surface area is 202 Å². The van der Waals surface area contributed by atoms with Gasteiger partial charge in [-0.25, -0.2) is 0 Å². The second kappa shape index (κ2) is 8.78. The molecule has 0 saturated carbocycles. The van der Waals surface area contributed by atoms with Gasteiger partial charge in [-0.05, 0) is 0 Å². The van der Waals surface area contributed by atoms with Crippen molar-refractivity contribution in [3.8, 4) is 0 Å². The fourth-order valence-corrected chi connectivity index (χ4v) is 12.2. The molecule has 164 valence electrons. The molecule has 6 heteroatoms. The molecule has 0 aromatic heterocycles. The molecular formula is C26H20Br2F3P. The standard InChI is InChI=1S/C26H20Br2F3P/c27-21-17-16-20(25(18-21)26(29,30)31)19-32(28,22-10-4-1-5-11-22,23-12-6-2-7-13-23)24-14-8-3-9-15-24/h1-18H,19H2. The summed E-state index contributed by atoms with van der Waals surface area (Å²) in [6.07, 6.45) is -4.28. The van der Waals surface area contributed by atoms with Crippen LogP contribution in [0.1, 0.15) is 11.1 Å². The molecule has 4 rings (SSSR count). The van der Waals surface area contributed by atoms with E-state index in [-0.39, 0.29) is 11.7 Å². The topological polar surface area (TPSA) is 0 Å². The first kappa shape index (κ1) is 23.2. The fraction of sp³-hybridized carbons (Fsp3) is 0.0769. The fourth-order valence-electron chi connectivity index (χ4n) is 4.21. The van der Waals surface area contributed by atoms with Crippen molar-refractivity contribution >= 4 is 52.6 Å². The van der Waals surface area contributed by atoms with E-state index in [1.165, 1.54) is 6.07 Å². The predicted octanol–water partition coefficient (Wildman–Crippen LogP) is 7.81. The van der Waals surface area contributed by atoms with Crippen molar-refractivity contribution in [2.75, 3.05) is 0 Å². The minimum atomic E-state index is -4.47. The van der Waals surface area contributed by atoms with Crippen LogP contribution in [0, 0.1) is 0 Å². The van der Waals surface area contributed by atoms with E-state index in [0.29, 0.717) is 4.47 Å². The molecule has 0 amide bonds. The van der Waals surface area contributed by atoms with Crippen LogP contribution >= 0.6 is 36.7 Å². The molecule has 0 aliphatic rings. The minimum absolute atomic E-state index is 0.186. The second-order valence-corrected chi connectivity index (χ2v) is 17.5. The molecule has 4 aromatic rings. The Morgan fingerprint density at radius 3 is 1.41 bits per heavy atom. The van der Waals surface area contributed by atoms with E-state index < -0.39 is 17.0 Å². The van der Waals surface area contributed by atoms with Crippen molar-refractivity contribution in [3.05, 3.63) is 125 Å². The number of rotatable bonds is 5. The molecule has 0 saturated heterocycles. The van der Waals surface area contributed by atoms with Crippen LogP contribution in [0.5, 0.6) is 0 Å². The van der Waals surface area contributed by atoms with Crippen LogP contribution in [0.25, 0.3) is 0 Å². The summed E-state index contributed by atoms with van der Waals surface area (Å²) in [5.41, 5.74) is -0.366. The van der Waals surface area contributed by atoms with Gasteiger partial charge in [-0.15, -0.1) is 0 Å². The Kier molecular flexibility index (Phi) is 6.37. The summed E-state index contributed by atoms with van der Waals surface area (Å²) < 4.78 is 42.7. The first-order valence-corrected chi connectivity index (χ1v) is 15.2. The summed E-state index contributed by atoms with van der Waals surface area (Å²) in [7, 11) is 0. The van der Waals surface area contributed by atoms with E-state index in [1.54, 1.807) is 12.1 Å². The van der Waals surface area contributed by atoms with Crippen molar-refractivity contribution in [1.82, 2.24) is 0 Å². The molecule has 0 spiro atoms. The van der Waals surface area contributed by atoms with Crippen LogP contribution in [0.3, 0.4) is 0 Å². The Hall–Kier alpha value is -1.94. The van der Waals surface area contributed by atoms with Crippen LogP contribution < -0.4 is 15.9 Å². The summed E-state index contributed by atoms with van der Waals surface area (Å²) in [5.74, 6) is 0. The average Bonchev–Trinajstić information content (AvgIpc) is 2.81. The van der Waals surface area contributed by atoms with Crippen molar-refractivity contribution < 1.29 is 13.2 Å². The van der Waals surface area contributed by atoms with Gasteiger partial charge in [0.15, 0.2) is 0 Å². The van der Waals surface area contributed by atoms with Gasteiger partial charge in [0, 0.05) is 0 Å². The zero-order chi connectivity index (χ0) is 22.8. The number of halogens is 5. The normalized spacial score (nSPS) is 13.3. The van der Waals surface area contributed by atoms with E-state index in [4.69, 9.17) is 0 Å². The van der Waals surface area contributed by atoms with Crippen LogP contribution in [0.15, 0.2) is 114 Å². The Morgan fingerprint density at radius 2 is 1.03 bits per heavy atom. The second-order valence-electron chi connectivity index (χ2n) is 7.65. The molecule has 0 aliphatic heterocycles. The third-order valence-corrected chi connectivity index (χ3v) is 15.7. The third-order valence-electron chi connectivity index (χ3n) is 5.73. The molecule has 4 aromatic carbocycles. The van der Waals surface area contributed by atoms with E-state index in [2.05, 4.69) is 31.4 Å². The third kappa shape index (κ3) is 4.07. The van der Waals surface area contributed by atoms with E-state index in [9.17, 15) is 13.2 Å². The van der Waals surface area contributed by atoms with E-state index in [1.807, 2.05) is 91.0 Å². The first-order valence-electron chi connectivity index (χ1n) is 9.99. The van der Waals surface area contributed by atoms with Gasteiger partial charge in [-0.1, -0.05) is 0 Å². The summed E-state index contributed by atoms with van der Waals surface area (Å²) in [5, 5.41) is -0.580. The van der Waals surface area contributed by atoms with Crippen molar-refractivity contribution in [2.24, 2.45) is 0 Å². The predicted molar refractivity (Wildman–Crippen MR) is 137 cm³/mol. The van der Waals surface area contributed by atoms with Crippen molar-refractivity contribution in [3.63, 3.8) is 0 Å². The molecule has 0 N–H and O–H groups in total. The zero-order valence-corrected chi connectivity index (χ0v) is 21.0. The number of benzene rings is 4. The van der Waals surface area contributed by atoms with Gasteiger partial charge in [0.25, 0.3) is 0 Å². The van der Waals surface area contributed by atoms with Gasteiger partial charge in [-0.3, -0.25) is 0 Å². The van der Waals surface area contributed by atoms with Crippen LogP contribution in [0.4, 0.5) is 13.2 Å². The molecule has 0 aliphatic carbocycles. The van der Waals surface area contributed by atoms with Gasteiger partial charge < -0.3 is 0 Å². The summed E-state index contributed by atoms with van der Waals surface area (Å²) >= 11 is 7.44. The van der Waals surface area contributed by atoms with Gasteiger partial charge >= 0.3 is 203 Å². The molecule has 0 fully saturated rings. The zero-order valence-electron chi connectivity index (χ0n) is 16.9. The van der Waals surface area contributed by atoms with Gasteiger partial charge in [0.05, 0.1) is 0 Å². The number of alkyl halides is 3. The van der Waals surface area contributed by atoms with Crippen LogP contribution in [0.2, 0.25) is 0 Å². The molecule has 32 heavy (non-hydrogen) atoms. The molecule has 0 atom stereocenters. The van der Waals surface area contributed by atoms with Gasteiger partial charge in [0.2, 0.25) is 0 Å². The molecule has 0 heterocycles. The van der Waals surface area contributed by atoms with Crippen molar-refractivity contribution in [1.29, 1.82) is 0 Å². The van der Waals surface area contributed by atoms with Gasteiger partial charge in [0.1, 0.15) is 0 Å². The SMILES string of the molecule is FC(F)(F)c1cc(Br)ccc1CP(Br)(c1ccccc1)(c1ccccc1)c1ccccc1. The number of hydrogen-bond donors (Lipinski definition) is 0. The maximum absolute atomic E-state index is 14.1.